The van der Waals surface area contributed by atoms with Gasteiger partial charge in [-0.2, -0.15) is 10.5 Å². The minimum Gasteiger partial charge on any atom is -0.319 e. The molecule has 0 unspecified atom stereocenters. The van der Waals surface area contributed by atoms with Gasteiger partial charge in [-0.3, -0.25) is 0 Å². The van der Waals surface area contributed by atoms with Crippen LogP contribution in [0.15, 0.2) is 129 Å². The first-order valence-corrected chi connectivity index (χ1v) is 15.8. The number of benzene rings is 6. The highest BCUT2D eigenvalue weighted by molar-refractivity contribution is 8.00. The Labute approximate surface area is 274 Å². The van der Waals surface area contributed by atoms with Crippen molar-refractivity contribution in [3.63, 3.8) is 0 Å². The molecule has 212 valence electrons. The van der Waals surface area contributed by atoms with Gasteiger partial charge in [0.1, 0.15) is 12.1 Å². The fourth-order valence-corrected chi connectivity index (χ4v) is 8.34. The van der Waals surface area contributed by atoms with Crippen LogP contribution in [0.1, 0.15) is 11.1 Å². The van der Waals surface area contributed by atoms with Crippen LogP contribution in [-0.2, 0) is 0 Å². The van der Waals surface area contributed by atoms with Gasteiger partial charge in [0.15, 0.2) is 5.69 Å². The summed E-state index contributed by atoms with van der Waals surface area (Å²) in [5.41, 5.74) is 5.25. The van der Waals surface area contributed by atoms with Gasteiger partial charge >= 0.3 is 0 Å². The lowest BCUT2D eigenvalue weighted by molar-refractivity contribution is 1.16. The first-order valence-electron chi connectivity index (χ1n) is 14.2. The largest absolute Gasteiger partial charge is 0.319 e. The van der Waals surface area contributed by atoms with E-state index in [2.05, 4.69) is 21.8 Å². The molecule has 0 aliphatic carbocycles. The van der Waals surface area contributed by atoms with Crippen molar-refractivity contribution in [1.29, 1.82) is 10.5 Å². The van der Waals surface area contributed by atoms with Crippen molar-refractivity contribution >= 4 is 79.8 Å². The van der Waals surface area contributed by atoms with Crippen molar-refractivity contribution in [3.8, 4) is 12.1 Å². The summed E-state index contributed by atoms with van der Waals surface area (Å²) in [7, 11) is 0. The summed E-state index contributed by atoms with van der Waals surface area (Å²) in [6.45, 7) is 16.5. The molecule has 2 aliphatic heterocycles. The van der Waals surface area contributed by atoms with Crippen LogP contribution in [-0.4, -0.2) is 0 Å². The molecule has 46 heavy (non-hydrogen) atoms. The molecule has 6 aromatic carbocycles. The summed E-state index contributed by atoms with van der Waals surface area (Å²) in [5.74, 6) is 0. The fourth-order valence-electron chi connectivity index (χ4n) is 6.23. The van der Waals surface area contributed by atoms with Gasteiger partial charge in [-0.15, -0.1) is 0 Å². The Morgan fingerprint density at radius 3 is 1.39 bits per heavy atom. The highest BCUT2D eigenvalue weighted by Gasteiger charge is 2.33. The minimum absolute atomic E-state index is 0.175. The predicted molar refractivity (Wildman–Crippen MR) is 184 cm³/mol. The summed E-state index contributed by atoms with van der Waals surface area (Å²) in [6.07, 6.45) is 0. The molecule has 0 N–H and O–H groups in total. The summed E-state index contributed by atoms with van der Waals surface area (Å²) in [4.78, 5) is 15.9. The van der Waals surface area contributed by atoms with Crippen LogP contribution in [0.25, 0.3) is 20.5 Å². The van der Waals surface area contributed by atoms with Gasteiger partial charge in [0.2, 0.25) is 5.69 Å². The van der Waals surface area contributed by atoms with Crippen molar-refractivity contribution in [3.05, 3.63) is 143 Å². The zero-order valence-corrected chi connectivity index (χ0v) is 25.5. The Bertz CT molecular complexity index is 2200. The molecule has 0 spiro atoms. The lowest BCUT2D eigenvalue weighted by Gasteiger charge is -2.37. The maximum atomic E-state index is 10.7. The smallest absolute Gasteiger partial charge is 0.218 e. The molecule has 0 atom stereocenters. The topological polar surface area (TPSA) is 62.8 Å². The second-order valence-electron chi connectivity index (χ2n) is 10.5. The second-order valence-corrected chi connectivity index (χ2v) is 12.7. The molecule has 6 aromatic rings. The van der Waals surface area contributed by atoms with Gasteiger partial charge in [-0.1, -0.05) is 78.1 Å². The van der Waals surface area contributed by atoms with Crippen LogP contribution in [0.5, 0.6) is 0 Å². The molecule has 2 heterocycles. The van der Waals surface area contributed by atoms with Crippen LogP contribution in [0.2, 0.25) is 0 Å². The Kier molecular flexibility index (Phi) is 6.42. The normalized spacial score (nSPS) is 12.4. The van der Waals surface area contributed by atoms with E-state index < -0.39 is 0 Å². The third-order valence-corrected chi connectivity index (χ3v) is 10.4. The molecule has 0 amide bonds. The second kappa shape index (κ2) is 10.8. The Morgan fingerprint density at radius 2 is 0.978 bits per heavy atom. The van der Waals surface area contributed by atoms with Crippen LogP contribution in [0.4, 0.5) is 45.5 Å². The molecule has 0 radical (unpaired) electrons. The van der Waals surface area contributed by atoms with Crippen molar-refractivity contribution in [1.82, 2.24) is 0 Å². The van der Waals surface area contributed by atoms with E-state index >= 15 is 0 Å². The van der Waals surface area contributed by atoms with E-state index in [4.69, 9.17) is 13.1 Å². The molecular formula is C38H18N6S2. The van der Waals surface area contributed by atoms with Crippen LogP contribution >= 0.6 is 23.5 Å². The molecule has 0 aromatic heterocycles. The van der Waals surface area contributed by atoms with Crippen molar-refractivity contribution < 1.29 is 0 Å². The third kappa shape index (κ3) is 3.96. The fraction of sp³-hybridized carbons (Fsp3) is 0. The summed E-state index contributed by atoms with van der Waals surface area (Å²) in [6, 6.07) is 40.0. The first-order chi connectivity index (χ1) is 22.7. The van der Waals surface area contributed by atoms with E-state index in [9.17, 15) is 10.5 Å². The molecule has 0 saturated heterocycles. The lowest BCUT2D eigenvalue weighted by atomic mass is 9.94. The summed E-state index contributed by atoms with van der Waals surface area (Å²) in [5, 5.41) is 22.4. The molecular weight excluding hydrogens is 605 g/mol. The van der Waals surface area contributed by atoms with Crippen LogP contribution < -0.4 is 9.80 Å². The molecule has 8 rings (SSSR count). The van der Waals surface area contributed by atoms with E-state index in [0.717, 1.165) is 42.3 Å². The van der Waals surface area contributed by atoms with Crippen molar-refractivity contribution in [2.75, 3.05) is 9.80 Å². The Balaban J connectivity index is 1.57. The predicted octanol–water partition coefficient (Wildman–Crippen LogP) is 11.6. The van der Waals surface area contributed by atoms with Crippen LogP contribution in [0.3, 0.4) is 0 Å². The highest BCUT2D eigenvalue weighted by atomic mass is 32.2. The molecule has 0 saturated carbocycles. The Morgan fingerprint density at radius 1 is 0.543 bits per heavy atom. The summed E-state index contributed by atoms with van der Waals surface area (Å²) < 4.78 is 0. The number of para-hydroxylation sites is 4. The number of hydrogen-bond donors (Lipinski definition) is 0. The van der Waals surface area contributed by atoms with Gasteiger partial charge in [0.25, 0.3) is 0 Å². The molecule has 2 aliphatic rings. The number of rotatable bonds is 2. The Hall–Kier alpha value is -6.16. The van der Waals surface area contributed by atoms with Gasteiger partial charge in [0, 0.05) is 25.3 Å². The zero-order valence-electron chi connectivity index (χ0n) is 23.9. The van der Waals surface area contributed by atoms with E-state index in [1.54, 1.807) is 35.7 Å². The SMILES string of the molecule is [C-]#[N+]c1cc2c(N3c4ccccc4Sc4ccccc43)c(C#N)c(C#N)cc2c(N2c3ccccc3Sc3ccccc32)c1[N+]#[C-]. The monoisotopic (exact) mass is 622 g/mol. The van der Waals surface area contributed by atoms with Gasteiger partial charge in [0.05, 0.1) is 52.7 Å². The average molecular weight is 623 g/mol. The maximum absolute atomic E-state index is 10.7. The van der Waals surface area contributed by atoms with Crippen molar-refractivity contribution in [2.24, 2.45) is 0 Å². The van der Waals surface area contributed by atoms with Gasteiger partial charge < -0.3 is 9.80 Å². The lowest BCUT2D eigenvalue weighted by Crippen LogP contribution is -2.18. The zero-order chi connectivity index (χ0) is 31.4. The molecule has 8 heteroatoms. The number of nitrogens with zero attached hydrogens (tertiary/aromatic N) is 6. The quantitative estimate of drug-likeness (QED) is 0.179. The van der Waals surface area contributed by atoms with E-state index in [1.165, 1.54) is 0 Å². The van der Waals surface area contributed by atoms with E-state index in [1.807, 2.05) is 107 Å². The molecule has 0 bridgehead atoms. The van der Waals surface area contributed by atoms with Gasteiger partial charge in [-0.25, -0.2) is 9.69 Å². The first kappa shape index (κ1) is 27.4. The van der Waals surface area contributed by atoms with Crippen molar-refractivity contribution in [2.45, 2.75) is 19.6 Å². The molecule has 6 nitrogen and oxygen atoms in total. The third-order valence-electron chi connectivity index (χ3n) is 8.12. The number of fused-ring (bicyclic) bond motifs is 5. The number of anilines is 6. The highest BCUT2D eigenvalue weighted by Crippen LogP contribution is 2.59. The van der Waals surface area contributed by atoms with Crippen LogP contribution in [0, 0.1) is 35.8 Å². The molecule has 0 fully saturated rings. The minimum atomic E-state index is 0.175. The summed E-state index contributed by atoms with van der Waals surface area (Å²) >= 11 is 3.29. The standard InChI is InChI=1S/C38H18N6S2/c1-41-27-20-25-24(38(36(27)42-2)44-30-13-5-9-17-34(30)46-35-18-10-6-14-31(35)44)19-23(21-39)26(22-40)37(25)43-28-11-3-7-15-32(28)45-33-16-8-4-12-29(33)43/h3-20H. The number of nitriles is 2. The van der Waals surface area contributed by atoms with E-state index in [0.29, 0.717) is 22.1 Å². The average Bonchev–Trinajstić information content (AvgIpc) is 3.11. The maximum Gasteiger partial charge on any atom is 0.218 e. The number of hydrogen-bond acceptors (Lipinski definition) is 6. The van der Waals surface area contributed by atoms with Gasteiger partial charge in [-0.05, 0) is 65.4 Å². The van der Waals surface area contributed by atoms with E-state index in [-0.39, 0.29) is 22.5 Å².